The van der Waals surface area contributed by atoms with Crippen LogP contribution in [-0.4, -0.2) is 107 Å². The Labute approximate surface area is 207 Å². The summed E-state index contributed by atoms with van der Waals surface area (Å²) in [6.07, 6.45) is -4.73. The first-order chi connectivity index (χ1) is 16.9. The number of aliphatic carboxylic acids is 2. The molecule has 1 aromatic rings. The second-order valence-electron chi connectivity index (χ2n) is 8.40. The minimum Gasteiger partial charge on any atom is -0.475 e. The SMILES string of the molecule is CN(C)CC(=O)N1CC[C@]2(C[C@H](OCc3cccnc3)CO2)C1.O=C(O)C(F)(F)F.O=C(O)C(F)(F)F. The second kappa shape index (κ2) is 13.5. The normalized spacial score (nSPS) is 21.2. The Morgan fingerprint density at radius 2 is 1.73 bits per heavy atom. The van der Waals surface area contributed by atoms with Gasteiger partial charge in [0, 0.05) is 31.9 Å². The van der Waals surface area contributed by atoms with Gasteiger partial charge in [-0.05, 0) is 32.1 Å². The smallest absolute Gasteiger partial charge is 0.475 e. The summed E-state index contributed by atoms with van der Waals surface area (Å²) in [5.74, 6) is -5.34. The molecule has 3 rings (SSSR count). The minimum atomic E-state index is -5.08. The Kier molecular flexibility index (Phi) is 11.7. The molecule has 16 heteroatoms. The van der Waals surface area contributed by atoms with Crippen molar-refractivity contribution in [1.29, 1.82) is 0 Å². The lowest BCUT2D eigenvalue weighted by Crippen LogP contribution is -2.39. The van der Waals surface area contributed by atoms with E-state index >= 15 is 0 Å². The number of alkyl halides is 6. The molecule has 0 bridgehead atoms. The largest absolute Gasteiger partial charge is 0.490 e. The molecule has 1 amide bonds. The third-order valence-electron chi connectivity index (χ3n) is 4.99. The van der Waals surface area contributed by atoms with Crippen molar-refractivity contribution < 1.29 is 60.4 Å². The number of pyridine rings is 1. The molecule has 2 fully saturated rings. The molecule has 1 aromatic heterocycles. The zero-order chi connectivity index (χ0) is 28.4. The number of likely N-dealkylation sites (N-methyl/N-ethyl adjacent to an activating group) is 1. The van der Waals surface area contributed by atoms with Crippen LogP contribution in [0.1, 0.15) is 18.4 Å². The van der Waals surface area contributed by atoms with Crippen molar-refractivity contribution >= 4 is 17.8 Å². The van der Waals surface area contributed by atoms with Gasteiger partial charge in [-0.25, -0.2) is 9.59 Å². The van der Waals surface area contributed by atoms with Crippen molar-refractivity contribution in [2.24, 2.45) is 0 Å². The molecule has 0 unspecified atom stereocenters. The summed E-state index contributed by atoms with van der Waals surface area (Å²) in [5, 5.41) is 14.2. The van der Waals surface area contributed by atoms with Crippen LogP contribution >= 0.6 is 0 Å². The first-order valence-electron chi connectivity index (χ1n) is 10.6. The van der Waals surface area contributed by atoms with Crippen molar-refractivity contribution in [3.05, 3.63) is 30.1 Å². The molecule has 2 N–H and O–H groups in total. The molecule has 2 aliphatic heterocycles. The van der Waals surface area contributed by atoms with Gasteiger partial charge < -0.3 is 29.5 Å². The van der Waals surface area contributed by atoms with Gasteiger partial charge in [-0.1, -0.05) is 6.07 Å². The molecule has 2 saturated heterocycles. The van der Waals surface area contributed by atoms with Gasteiger partial charge in [0.15, 0.2) is 0 Å². The van der Waals surface area contributed by atoms with E-state index in [9.17, 15) is 31.1 Å². The van der Waals surface area contributed by atoms with Crippen LogP contribution in [0.25, 0.3) is 0 Å². The molecule has 2 aliphatic rings. The summed E-state index contributed by atoms with van der Waals surface area (Å²) < 4.78 is 75.5. The quantitative estimate of drug-likeness (QED) is 0.533. The maximum Gasteiger partial charge on any atom is 0.490 e. The molecule has 1 spiro atoms. The maximum absolute atomic E-state index is 12.2. The predicted molar refractivity (Wildman–Crippen MR) is 113 cm³/mol. The second-order valence-corrected chi connectivity index (χ2v) is 8.40. The first kappa shape index (κ1) is 32.0. The number of carboxylic acid groups (broad SMARTS) is 2. The van der Waals surface area contributed by atoms with Crippen LogP contribution in [-0.2, 0) is 30.5 Å². The van der Waals surface area contributed by atoms with Crippen LogP contribution in [0.5, 0.6) is 0 Å². The van der Waals surface area contributed by atoms with Gasteiger partial charge in [0.2, 0.25) is 5.91 Å². The number of rotatable bonds is 5. The molecular formula is C21H27F6N3O7. The molecule has 0 saturated carbocycles. The van der Waals surface area contributed by atoms with Crippen molar-refractivity contribution in [2.45, 2.75) is 43.5 Å². The van der Waals surface area contributed by atoms with E-state index in [-0.39, 0.29) is 17.6 Å². The lowest BCUT2D eigenvalue weighted by Gasteiger charge is -2.24. The Morgan fingerprint density at radius 3 is 2.19 bits per heavy atom. The monoisotopic (exact) mass is 547 g/mol. The van der Waals surface area contributed by atoms with Gasteiger partial charge >= 0.3 is 24.3 Å². The number of carbonyl (C=O) groups excluding carboxylic acids is 1. The van der Waals surface area contributed by atoms with Crippen molar-refractivity contribution in [3.63, 3.8) is 0 Å². The number of aromatic nitrogens is 1. The van der Waals surface area contributed by atoms with Crippen molar-refractivity contribution in [2.75, 3.05) is 40.3 Å². The molecule has 0 radical (unpaired) electrons. The summed E-state index contributed by atoms with van der Waals surface area (Å²) in [4.78, 5) is 37.9. The average Bonchev–Trinajstić information content (AvgIpc) is 3.39. The number of hydrogen-bond donors (Lipinski definition) is 2. The number of carbonyl (C=O) groups is 3. The fourth-order valence-electron chi connectivity index (χ4n) is 3.32. The lowest BCUT2D eigenvalue weighted by atomic mass is 9.98. The Balaban J connectivity index is 0.000000404. The Bertz CT molecular complexity index is 875. The van der Waals surface area contributed by atoms with E-state index in [0.29, 0.717) is 26.3 Å². The van der Waals surface area contributed by atoms with Crippen LogP contribution in [0.3, 0.4) is 0 Å². The third-order valence-corrected chi connectivity index (χ3v) is 4.99. The number of halogens is 6. The fourth-order valence-corrected chi connectivity index (χ4v) is 3.32. The lowest BCUT2D eigenvalue weighted by molar-refractivity contribution is -0.193. The van der Waals surface area contributed by atoms with Crippen LogP contribution < -0.4 is 0 Å². The Hall–Kier alpha value is -2.98. The molecule has 0 aliphatic carbocycles. The standard InChI is InChI=1S/C17H25N3O3.2C2HF3O2/c1-19(2)10-16(21)20-7-5-17(13-20)8-15(12-23-17)22-11-14-4-3-6-18-9-14;2*3-2(4,5)1(6)7/h3-4,6,9,15H,5,7-8,10-13H2,1-2H3;2*(H,6,7)/t15-,17-;;/m0../s1. The number of ether oxygens (including phenoxy) is 2. The highest BCUT2D eigenvalue weighted by Crippen LogP contribution is 2.36. The topological polar surface area (TPSA) is 130 Å². The highest BCUT2D eigenvalue weighted by molar-refractivity contribution is 5.78. The third kappa shape index (κ3) is 11.7. The van der Waals surface area contributed by atoms with Gasteiger partial charge in [0.1, 0.15) is 0 Å². The van der Waals surface area contributed by atoms with E-state index in [2.05, 4.69) is 4.98 Å². The Morgan fingerprint density at radius 1 is 1.16 bits per heavy atom. The van der Waals surface area contributed by atoms with Crippen LogP contribution in [0.15, 0.2) is 24.5 Å². The number of nitrogens with zero attached hydrogens (tertiary/aromatic N) is 3. The zero-order valence-electron chi connectivity index (χ0n) is 19.9. The summed E-state index contributed by atoms with van der Waals surface area (Å²) >= 11 is 0. The highest BCUT2D eigenvalue weighted by atomic mass is 19.4. The molecule has 0 aromatic carbocycles. The minimum absolute atomic E-state index is 0.0964. The van der Waals surface area contributed by atoms with E-state index in [0.717, 1.165) is 24.9 Å². The molecule has 210 valence electrons. The molecule has 10 nitrogen and oxygen atoms in total. The predicted octanol–water partition coefficient (Wildman–Crippen LogP) is 2.19. The average molecular weight is 547 g/mol. The number of likely N-dealkylation sites (tertiary alicyclic amines) is 1. The molecule has 3 heterocycles. The van der Waals surface area contributed by atoms with Crippen molar-refractivity contribution in [1.82, 2.24) is 14.8 Å². The van der Waals surface area contributed by atoms with E-state index < -0.39 is 24.3 Å². The van der Waals surface area contributed by atoms with Gasteiger partial charge in [-0.3, -0.25) is 9.78 Å². The van der Waals surface area contributed by atoms with Gasteiger partial charge in [-0.15, -0.1) is 0 Å². The molecule has 37 heavy (non-hydrogen) atoms. The summed E-state index contributed by atoms with van der Waals surface area (Å²) in [6.45, 7) is 3.09. The zero-order valence-corrected chi connectivity index (χ0v) is 19.9. The van der Waals surface area contributed by atoms with E-state index in [4.69, 9.17) is 29.3 Å². The van der Waals surface area contributed by atoms with Crippen molar-refractivity contribution in [3.8, 4) is 0 Å². The highest BCUT2D eigenvalue weighted by Gasteiger charge is 2.47. The summed E-state index contributed by atoms with van der Waals surface area (Å²) in [5.41, 5.74) is 0.865. The van der Waals surface area contributed by atoms with Gasteiger partial charge in [0.05, 0.1) is 31.5 Å². The van der Waals surface area contributed by atoms with E-state index in [1.165, 1.54) is 0 Å². The summed E-state index contributed by atoms with van der Waals surface area (Å²) in [6, 6.07) is 3.92. The fraction of sp³-hybridized carbons (Fsp3) is 0.619. The van der Waals surface area contributed by atoms with Crippen LogP contribution in [0.4, 0.5) is 26.3 Å². The van der Waals surface area contributed by atoms with Gasteiger partial charge in [-0.2, -0.15) is 26.3 Å². The van der Waals surface area contributed by atoms with Crippen LogP contribution in [0, 0.1) is 0 Å². The number of carboxylic acids is 2. The number of hydrogen-bond acceptors (Lipinski definition) is 7. The maximum atomic E-state index is 12.2. The van der Waals surface area contributed by atoms with E-state index in [1.54, 1.807) is 6.20 Å². The first-order valence-corrected chi connectivity index (χ1v) is 10.6. The summed E-state index contributed by atoms with van der Waals surface area (Å²) in [7, 11) is 3.83. The molecular weight excluding hydrogens is 520 g/mol. The number of amides is 1. The van der Waals surface area contributed by atoms with Gasteiger partial charge in [0.25, 0.3) is 0 Å². The van der Waals surface area contributed by atoms with Crippen LogP contribution in [0.2, 0.25) is 0 Å². The van der Waals surface area contributed by atoms with E-state index in [1.807, 2.05) is 42.2 Å². The molecule has 2 atom stereocenters.